The number of urea groups is 1. The van der Waals surface area contributed by atoms with E-state index < -0.39 is 5.97 Å². The summed E-state index contributed by atoms with van der Waals surface area (Å²) in [6.07, 6.45) is 2.08. The van der Waals surface area contributed by atoms with Gasteiger partial charge in [-0.25, -0.2) is 9.59 Å². The normalized spacial score (nSPS) is 15.7. The first kappa shape index (κ1) is 20.0. The van der Waals surface area contributed by atoms with Crippen LogP contribution < -0.4 is 10.1 Å². The maximum absolute atomic E-state index is 12.5. The van der Waals surface area contributed by atoms with Crippen molar-refractivity contribution < 1.29 is 23.6 Å². The molecular weight excluding hydrogens is 412 g/mol. The van der Waals surface area contributed by atoms with Gasteiger partial charge in [-0.1, -0.05) is 17.3 Å². The van der Waals surface area contributed by atoms with Crippen LogP contribution >= 0.6 is 0 Å². The zero-order chi connectivity index (χ0) is 22.1. The van der Waals surface area contributed by atoms with Gasteiger partial charge in [0.1, 0.15) is 11.9 Å². The molecule has 32 heavy (non-hydrogen) atoms. The van der Waals surface area contributed by atoms with Crippen molar-refractivity contribution in [2.75, 3.05) is 25.5 Å². The lowest BCUT2D eigenvalue weighted by Crippen LogP contribution is -2.57. The Morgan fingerprint density at radius 2 is 1.84 bits per heavy atom. The molecular formula is C23H22N4O5. The molecule has 3 aromatic rings. The molecule has 2 aliphatic rings. The summed E-state index contributed by atoms with van der Waals surface area (Å²) in [5, 5.41) is 6.89. The maximum Gasteiger partial charge on any atom is 0.337 e. The number of esters is 1. The van der Waals surface area contributed by atoms with E-state index in [0.717, 1.165) is 24.2 Å². The Hall–Kier alpha value is -3.88. The smallest absolute Gasteiger partial charge is 0.337 e. The lowest BCUT2D eigenvalue weighted by molar-refractivity contribution is 0.0496. The van der Waals surface area contributed by atoms with Crippen LogP contribution in [0.2, 0.25) is 0 Å². The molecule has 2 aromatic carbocycles. The van der Waals surface area contributed by atoms with Gasteiger partial charge in [0.2, 0.25) is 0 Å². The molecule has 2 heterocycles. The van der Waals surface area contributed by atoms with Crippen LogP contribution in [-0.2, 0) is 4.74 Å². The van der Waals surface area contributed by atoms with Crippen molar-refractivity contribution in [3.8, 4) is 17.2 Å². The van der Waals surface area contributed by atoms with Gasteiger partial charge in [0.05, 0.1) is 31.3 Å². The van der Waals surface area contributed by atoms with Gasteiger partial charge >= 0.3 is 12.0 Å². The predicted octanol–water partition coefficient (Wildman–Crippen LogP) is 3.70. The minimum Gasteiger partial charge on any atom is -0.486 e. The first-order valence-electron chi connectivity index (χ1n) is 10.4. The standard InChI is InChI=1S/C23H22N4O5/c1-30-22(28)15-8-10-16(11-9-15)24-23(29)27-12-17(13-27)31-19-5-3-2-4-18(19)21-25-20(26-32-21)14-6-7-14/h2-5,8-11,14,17H,6-7,12-13H2,1H3,(H,24,29). The van der Waals surface area contributed by atoms with E-state index in [0.29, 0.717) is 41.9 Å². The molecule has 1 saturated heterocycles. The Morgan fingerprint density at radius 3 is 2.56 bits per heavy atom. The summed E-state index contributed by atoms with van der Waals surface area (Å²) in [5.41, 5.74) is 1.77. The first-order chi connectivity index (χ1) is 15.6. The van der Waals surface area contributed by atoms with E-state index in [4.69, 9.17) is 9.26 Å². The molecule has 2 amide bonds. The molecule has 1 N–H and O–H groups in total. The third-order valence-electron chi connectivity index (χ3n) is 5.49. The Labute approximate surface area is 184 Å². The third-order valence-corrected chi connectivity index (χ3v) is 5.49. The minimum absolute atomic E-state index is 0.130. The average Bonchev–Trinajstić information content (AvgIpc) is 3.53. The number of amides is 2. The number of hydrogen-bond acceptors (Lipinski definition) is 7. The highest BCUT2D eigenvalue weighted by Gasteiger charge is 2.34. The molecule has 9 heteroatoms. The molecule has 0 spiro atoms. The van der Waals surface area contributed by atoms with E-state index in [1.165, 1.54) is 7.11 Å². The maximum atomic E-state index is 12.5. The fourth-order valence-electron chi connectivity index (χ4n) is 3.47. The van der Waals surface area contributed by atoms with Gasteiger partial charge in [0.15, 0.2) is 5.82 Å². The largest absolute Gasteiger partial charge is 0.486 e. The number of methoxy groups -OCH3 is 1. The van der Waals surface area contributed by atoms with Crippen LogP contribution in [0.25, 0.3) is 11.5 Å². The Bertz CT molecular complexity index is 1130. The highest BCUT2D eigenvalue weighted by atomic mass is 16.5. The summed E-state index contributed by atoms with van der Waals surface area (Å²) in [4.78, 5) is 30.1. The van der Waals surface area contributed by atoms with Crippen LogP contribution in [0.4, 0.5) is 10.5 Å². The summed E-state index contributed by atoms with van der Waals surface area (Å²) in [7, 11) is 1.33. The van der Waals surface area contributed by atoms with E-state index in [-0.39, 0.29) is 12.1 Å². The van der Waals surface area contributed by atoms with Crippen molar-refractivity contribution in [3.05, 3.63) is 59.9 Å². The van der Waals surface area contributed by atoms with Crippen molar-refractivity contribution in [2.24, 2.45) is 0 Å². The number of carbonyl (C=O) groups excluding carboxylic acids is 2. The van der Waals surface area contributed by atoms with Crippen LogP contribution in [0, 0.1) is 0 Å². The fraction of sp³-hybridized carbons (Fsp3) is 0.304. The van der Waals surface area contributed by atoms with E-state index >= 15 is 0 Å². The van der Waals surface area contributed by atoms with E-state index in [1.54, 1.807) is 29.2 Å². The van der Waals surface area contributed by atoms with Gasteiger partial charge in [-0.2, -0.15) is 4.98 Å². The van der Waals surface area contributed by atoms with Gasteiger partial charge in [-0.3, -0.25) is 0 Å². The van der Waals surface area contributed by atoms with E-state index in [2.05, 4.69) is 20.2 Å². The minimum atomic E-state index is -0.421. The number of anilines is 1. The van der Waals surface area contributed by atoms with Crippen molar-refractivity contribution in [3.63, 3.8) is 0 Å². The highest BCUT2D eigenvalue weighted by molar-refractivity contribution is 5.92. The number of likely N-dealkylation sites (tertiary alicyclic amines) is 1. The molecule has 0 bridgehead atoms. The predicted molar refractivity (Wildman–Crippen MR) is 114 cm³/mol. The molecule has 164 valence electrons. The van der Waals surface area contributed by atoms with Crippen LogP contribution in [0.3, 0.4) is 0 Å². The molecule has 0 radical (unpaired) electrons. The van der Waals surface area contributed by atoms with Crippen LogP contribution in [0.5, 0.6) is 5.75 Å². The Balaban J connectivity index is 1.17. The summed E-state index contributed by atoms with van der Waals surface area (Å²) in [5.74, 6) is 1.85. The number of nitrogens with one attached hydrogen (secondary N) is 1. The molecule has 2 fully saturated rings. The monoisotopic (exact) mass is 434 g/mol. The van der Waals surface area contributed by atoms with E-state index in [9.17, 15) is 9.59 Å². The van der Waals surface area contributed by atoms with Crippen molar-refractivity contribution in [2.45, 2.75) is 24.9 Å². The number of nitrogens with zero attached hydrogens (tertiary/aromatic N) is 3. The van der Waals surface area contributed by atoms with E-state index in [1.807, 2.05) is 24.3 Å². The summed E-state index contributed by atoms with van der Waals surface area (Å²) >= 11 is 0. The average molecular weight is 434 g/mol. The molecule has 1 saturated carbocycles. The second kappa shape index (κ2) is 8.33. The molecule has 5 rings (SSSR count). The lowest BCUT2D eigenvalue weighted by Gasteiger charge is -2.39. The Morgan fingerprint density at radius 1 is 1.09 bits per heavy atom. The van der Waals surface area contributed by atoms with Crippen LogP contribution in [0.1, 0.15) is 34.9 Å². The topological polar surface area (TPSA) is 107 Å². The number of para-hydroxylation sites is 1. The quantitative estimate of drug-likeness (QED) is 0.590. The van der Waals surface area contributed by atoms with Crippen LogP contribution in [-0.4, -0.2) is 53.3 Å². The zero-order valence-corrected chi connectivity index (χ0v) is 17.5. The molecule has 1 aromatic heterocycles. The fourth-order valence-corrected chi connectivity index (χ4v) is 3.47. The van der Waals surface area contributed by atoms with Gasteiger partial charge in [-0.15, -0.1) is 0 Å². The van der Waals surface area contributed by atoms with Gasteiger partial charge in [-0.05, 0) is 49.2 Å². The Kier molecular flexibility index (Phi) is 5.22. The zero-order valence-electron chi connectivity index (χ0n) is 17.5. The lowest BCUT2D eigenvalue weighted by atomic mass is 10.1. The molecule has 1 aliphatic heterocycles. The van der Waals surface area contributed by atoms with Crippen molar-refractivity contribution in [1.29, 1.82) is 0 Å². The van der Waals surface area contributed by atoms with Crippen LogP contribution in [0.15, 0.2) is 53.1 Å². The SMILES string of the molecule is COC(=O)c1ccc(NC(=O)N2CC(Oc3ccccc3-c3nc(C4CC4)no3)C2)cc1. The van der Waals surface area contributed by atoms with Gasteiger partial charge < -0.3 is 24.2 Å². The summed E-state index contributed by atoms with van der Waals surface area (Å²) < 4.78 is 16.2. The number of carbonyl (C=O) groups is 2. The summed E-state index contributed by atoms with van der Waals surface area (Å²) in [6, 6.07) is 13.8. The van der Waals surface area contributed by atoms with Crippen molar-refractivity contribution >= 4 is 17.7 Å². The molecule has 9 nitrogen and oxygen atoms in total. The van der Waals surface area contributed by atoms with Gasteiger partial charge in [0, 0.05) is 11.6 Å². The number of hydrogen-bond donors (Lipinski definition) is 1. The first-order valence-corrected chi connectivity index (χ1v) is 10.4. The number of rotatable bonds is 6. The number of aromatic nitrogens is 2. The number of ether oxygens (including phenoxy) is 2. The second-order valence-electron chi connectivity index (χ2n) is 7.87. The van der Waals surface area contributed by atoms with Gasteiger partial charge in [0.25, 0.3) is 5.89 Å². The third kappa shape index (κ3) is 4.14. The highest BCUT2D eigenvalue weighted by Crippen LogP contribution is 2.39. The summed E-state index contributed by atoms with van der Waals surface area (Å²) in [6.45, 7) is 0.912. The molecule has 0 atom stereocenters. The molecule has 1 aliphatic carbocycles. The molecule has 0 unspecified atom stereocenters. The number of benzene rings is 2. The van der Waals surface area contributed by atoms with Crippen molar-refractivity contribution in [1.82, 2.24) is 15.0 Å². The second-order valence-corrected chi connectivity index (χ2v) is 7.87.